The van der Waals surface area contributed by atoms with Crippen LogP contribution in [0.15, 0.2) is 36.5 Å². The SMILES string of the molecule is OC1CCOC(Cn2cc(CCc3ccccc3)nn2)C1. The zero-order valence-electron chi connectivity index (χ0n) is 12.1. The molecule has 0 radical (unpaired) electrons. The van der Waals surface area contributed by atoms with Gasteiger partial charge in [0.2, 0.25) is 0 Å². The van der Waals surface area contributed by atoms with Gasteiger partial charge in [0.15, 0.2) is 0 Å². The van der Waals surface area contributed by atoms with Crippen LogP contribution in [0, 0.1) is 0 Å². The summed E-state index contributed by atoms with van der Waals surface area (Å²) in [5.41, 5.74) is 2.31. The minimum atomic E-state index is -0.246. The maximum atomic E-state index is 9.65. The van der Waals surface area contributed by atoms with Gasteiger partial charge in [0.25, 0.3) is 0 Å². The van der Waals surface area contributed by atoms with Gasteiger partial charge in [-0.05, 0) is 24.8 Å². The summed E-state index contributed by atoms with van der Waals surface area (Å²) in [5, 5.41) is 18.0. The summed E-state index contributed by atoms with van der Waals surface area (Å²) in [7, 11) is 0. The molecule has 0 saturated carbocycles. The van der Waals surface area contributed by atoms with Gasteiger partial charge in [-0.1, -0.05) is 35.5 Å². The second-order valence-corrected chi connectivity index (χ2v) is 5.59. The monoisotopic (exact) mass is 287 g/mol. The van der Waals surface area contributed by atoms with Crippen molar-refractivity contribution in [1.29, 1.82) is 0 Å². The third-order valence-corrected chi connectivity index (χ3v) is 3.83. The fraction of sp³-hybridized carbons (Fsp3) is 0.500. The van der Waals surface area contributed by atoms with E-state index in [1.807, 2.05) is 16.9 Å². The van der Waals surface area contributed by atoms with Crippen molar-refractivity contribution in [2.75, 3.05) is 6.61 Å². The van der Waals surface area contributed by atoms with E-state index in [1.165, 1.54) is 5.56 Å². The zero-order chi connectivity index (χ0) is 14.5. The summed E-state index contributed by atoms with van der Waals surface area (Å²) in [6.45, 7) is 1.29. The molecule has 1 aromatic carbocycles. The molecule has 2 unspecified atom stereocenters. The van der Waals surface area contributed by atoms with Crippen LogP contribution in [0.2, 0.25) is 0 Å². The average molecular weight is 287 g/mol. The number of hydrogen-bond donors (Lipinski definition) is 1. The van der Waals surface area contributed by atoms with Gasteiger partial charge in [-0.3, -0.25) is 0 Å². The second kappa shape index (κ2) is 6.83. The molecule has 1 aromatic heterocycles. The molecule has 5 nitrogen and oxygen atoms in total. The predicted molar refractivity (Wildman–Crippen MR) is 78.9 cm³/mol. The van der Waals surface area contributed by atoms with Crippen molar-refractivity contribution in [1.82, 2.24) is 15.0 Å². The molecule has 0 amide bonds. The topological polar surface area (TPSA) is 60.2 Å². The Hall–Kier alpha value is -1.72. The second-order valence-electron chi connectivity index (χ2n) is 5.59. The first-order chi connectivity index (χ1) is 10.3. The maximum absolute atomic E-state index is 9.65. The lowest BCUT2D eigenvalue weighted by molar-refractivity contribution is -0.0511. The lowest BCUT2D eigenvalue weighted by atomic mass is 10.1. The highest BCUT2D eigenvalue weighted by Crippen LogP contribution is 2.15. The van der Waals surface area contributed by atoms with E-state index < -0.39 is 0 Å². The van der Waals surface area contributed by atoms with E-state index in [1.54, 1.807) is 0 Å². The molecule has 21 heavy (non-hydrogen) atoms. The van der Waals surface area contributed by atoms with Crippen molar-refractivity contribution in [2.45, 2.75) is 44.4 Å². The number of aromatic nitrogens is 3. The van der Waals surface area contributed by atoms with Gasteiger partial charge in [0, 0.05) is 19.2 Å². The zero-order valence-corrected chi connectivity index (χ0v) is 12.1. The third kappa shape index (κ3) is 4.12. The van der Waals surface area contributed by atoms with E-state index in [0.29, 0.717) is 19.6 Å². The van der Waals surface area contributed by atoms with Gasteiger partial charge < -0.3 is 9.84 Å². The summed E-state index contributed by atoms with van der Waals surface area (Å²) in [6, 6.07) is 10.4. The van der Waals surface area contributed by atoms with Gasteiger partial charge in [-0.25, -0.2) is 4.68 Å². The summed E-state index contributed by atoms with van der Waals surface area (Å²) >= 11 is 0. The molecule has 5 heteroatoms. The summed E-state index contributed by atoms with van der Waals surface area (Å²) < 4.78 is 7.46. The molecule has 0 spiro atoms. The molecule has 2 heterocycles. The molecule has 2 atom stereocenters. The van der Waals surface area contributed by atoms with Crippen LogP contribution in [-0.4, -0.2) is 38.9 Å². The molecular formula is C16H21N3O2. The molecule has 1 fully saturated rings. The molecule has 112 valence electrons. The van der Waals surface area contributed by atoms with Gasteiger partial charge in [0.1, 0.15) is 0 Å². The number of benzene rings is 1. The quantitative estimate of drug-likeness (QED) is 0.907. The highest BCUT2D eigenvalue weighted by molar-refractivity contribution is 5.15. The van der Waals surface area contributed by atoms with Crippen molar-refractivity contribution in [2.24, 2.45) is 0 Å². The molecule has 1 saturated heterocycles. The Bertz CT molecular complexity index is 556. The highest BCUT2D eigenvalue weighted by atomic mass is 16.5. The molecule has 3 rings (SSSR count). The minimum Gasteiger partial charge on any atom is -0.393 e. The van der Waals surface area contributed by atoms with Crippen LogP contribution in [0.5, 0.6) is 0 Å². The van der Waals surface area contributed by atoms with Crippen molar-refractivity contribution in [3.8, 4) is 0 Å². The number of hydrogen-bond acceptors (Lipinski definition) is 4. The first-order valence-electron chi connectivity index (χ1n) is 7.52. The number of aliphatic hydroxyl groups excluding tert-OH is 1. The van der Waals surface area contributed by atoms with Crippen molar-refractivity contribution in [3.05, 3.63) is 47.8 Å². The first-order valence-corrected chi connectivity index (χ1v) is 7.52. The number of aryl methyl sites for hydroxylation is 2. The van der Waals surface area contributed by atoms with Crippen LogP contribution < -0.4 is 0 Å². The number of rotatable bonds is 5. The average Bonchev–Trinajstić information content (AvgIpc) is 2.94. The Morgan fingerprint density at radius 3 is 2.90 bits per heavy atom. The third-order valence-electron chi connectivity index (χ3n) is 3.83. The van der Waals surface area contributed by atoms with Crippen molar-refractivity contribution >= 4 is 0 Å². The molecule has 0 aliphatic carbocycles. The minimum absolute atomic E-state index is 0.0393. The maximum Gasteiger partial charge on any atom is 0.0830 e. The number of nitrogens with zero attached hydrogens (tertiary/aromatic N) is 3. The van der Waals surface area contributed by atoms with Gasteiger partial charge >= 0.3 is 0 Å². The fourth-order valence-corrected chi connectivity index (χ4v) is 2.66. The fourth-order valence-electron chi connectivity index (χ4n) is 2.66. The Balaban J connectivity index is 1.51. The summed E-state index contributed by atoms with van der Waals surface area (Å²) in [4.78, 5) is 0. The predicted octanol–water partition coefficient (Wildman–Crippen LogP) is 1.60. The molecule has 0 bridgehead atoms. The summed E-state index contributed by atoms with van der Waals surface area (Å²) in [6.07, 6.45) is 5.04. The van der Waals surface area contributed by atoms with E-state index in [9.17, 15) is 5.11 Å². The van der Waals surface area contributed by atoms with E-state index in [4.69, 9.17) is 4.74 Å². The Labute approximate surface area is 124 Å². The number of ether oxygens (including phenoxy) is 1. The van der Waals surface area contributed by atoms with E-state index in [0.717, 1.165) is 25.0 Å². The van der Waals surface area contributed by atoms with E-state index in [2.05, 4.69) is 34.6 Å². The Morgan fingerprint density at radius 2 is 2.10 bits per heavy atom. The standard InChI is InChI=1S/C16H21N3O2/c20-15-8-9-21-16(10-15)12-19-11-14(17-18-19)7-6-13-4-2-1-3-5-13/h1-5,11,15-16,20H,6-10,12H2. The lowest BCUT2D eigenvalue weighted by Gasteiger charge is -2.26. The summed E-state index contributed by atoms with van der Waals surface area (Å²) in [5.74, 6) is 0. The first kappa shape index (κ1) is 14.2. The van der Waals surface area contributed by atoms with Crippen LogP contribution >= 0.6 is 0 Å². The van der Waals surface area contributed by atoms with Crippen LogP contribution in [0.1, 0.15) is 24.1 Å². The molecule has 1 N–H and O–H groups in total. The van der Waals surface area contributed by atoms with Gasteiger partial charge in [0.05, 0.1) is 24.4 Å². The normalized spacial score (nSPS) is 22.3. The molecule has 2 aromatic rings. The largest absolute Gasteiger partial charge is 0.393 e. The Morgan fingerprint density at radius 1 is 1.24 bits per heavy atom. The van der Waals surface area contributed by atoms with E-state index in [-0.39, 0.29) is 12.2 Å². The van der Waals surface area contributed by atoms with Gasteiger partial charge in [-0.15, -0.1) is 5.10 Å². The van der Waals surface area contributed by atoms with E-state index >= 15 is 0 Å². The lowest BCUT2D eigenvalue weighted by Crippen LogP contribution is -2.32. The van der Waals surface area contributed by atoms with Crippen LogP contribution in [0.3, 0.4) is 0 Å². The van der Waals surface area contributed by atoms with Crippen LogP contribution in [0.4, 0.5) is 0 Å². The highest BCUT2D eigenvalue weighted by Gasteiger charge is 2.21. The Kier molecular flexibility index (Phi) is 4.62. The molecule has 1 aliphatic heterocycles. The number of aliphatic hydroxyl groups is 1. The van der Waals surface area contributed by atoms with Gasteiger partial charge in [-0.2, -0.15) is 0 Å². The molecule has 1 aliphatic rings. The van der Waals surface area contributed by atoms with Crippen molar-refractivity contribution in [3.63, 3.8) is 0 Å². The smallest absolute Gasteiger partial charge is 0.0830 e. The molecular weight excluding hydrogens is 266 g/mol. The van der Waals surface area contributed by atoms with Crippen molar-refractivity contribution < 1.29 is 9.84 Å². The van der Waals surface area contributed by atoms with Crippen LogP contribution in [0.25, 0.3) is 0 Å². The van der Waals surface area contributed by atoms with Crippen LogP contribution in [-0.2, 0) is 24.1 Å².